The Labute approximate surface area is 109 Å². The number of rotatable bonds is 5. The molecule has 0 saturated carbocycles. The molecule has 0 unspecified atom stereocenters. The molecule has 1 heterocycles. The van der Waals surface area contributed by atoms with Crippen molar-refractivity contribution >= 4 is 17.7 Å². The summed E-state index contributed by atoms with van der Waals surface area (Å²) in [5, 5.41) is 28.2. The summed E-state index contributed by atoms with van der Waals surface area (Å²) in [6.07, 6.45) is -3.03. The minimum Gasteiger partial charge on any atom is -0.432 e. The number of carbonyl (C=O) groups excluding carboxylic acids is 1. The molecule has 7 nitrogen and oxygen atoms in total. The predicted octanol–water partition coefficient (Wildman–Crippen LogP) is -1.95. The Bertz CT molecular complexity index is 279. The van der Waals surface area contributed by atoms with Gasteiger partial charge >= 0.3 is 5.97 Å². The van der Waals surface area contributed by atoms with E-state index in [1.807, 2.05) is 6.26 Å². The number of hydrogen-bond donors (Lipinski definition) is 4. The Balaban J connectivity index is 2.44. The van der Waals surface area contributed by atoms with E-state index in [-0.39, 0.29) is 6.61 Å². The molecular formula is C10H19NO6S. The molecule has 0 radical (unpaired) electrons. The molecule has 5 N–H and O–H groups in total. The third kappa shape index (κ3) is 4.08. The van der Waals surface area contributed by atoms with Crippen LogP contribution in [0.2, 0.25) is 0 Å². The van der Waals surface area contributed by atoms with Crippen molar-refractivity contribution in [2.75, 3.05) is 18.6 Å². The van der Waals surface area contributed by atoms with Gasteiger partial charge in [0.25, 0.3) is 0 Å². The summed E-state index contributed by atoms with van der Waals surface area (Å²) in [5.74, 6) is 0.0165. The van der Waals surface area contributed by atoms with E-state index >= 15 is 0 Å². The van der Waals surface area contributed by atoms with Crippen molar-refractivity contribution in [1.29, 1.82) is 0 Å². The maximum Gasteiger partial charge on any atom is 0.325 e. The minimum atomic E-state index is -1.48. The maximum atomic E-state index is 11.6. The average Bonchev–Trinajstić information content (AvgIpc) is 2.36. The highest BCUT2D eigenvalue weighted by Gasteiger charge is 2.40. The SMILES string of the molecule is CSCC[C@H](N)C(=O)O[C@@H]1OC[C@@H](O)[C@H](O)[C@H]1O. The fraction of sp³-hybridized carbons (Fsp3) is 0.900. The van der Waals surface area contributed by atoms with Crippen molar-refractivity contribution in [1.82, 2.24) is 0 Å². The molecule has 0 spiro atoms. The van der Waals surface area contributed by atoms with Crippen LogP contribution in [0.25, 0.3) is 0 Å². The van der Waals surface area contributed by atoms with Gasteiger partial charge in [0.05, 0.1) is 6.61 Å². The fourth-order valence-corrected chi connectivity index (χ4v) is 1.94. The van der Waals surface area contributed by atoms with E-state index < -0.39 is 36.6 Å². The van der Waals surface area contributed by atoms with Crippen molar-refractivity contribution in [2.45, 2.75) is 37.1 Å². The molecule has 0 aliphatic carbocycles. The standard InChI is InChI=1S/C10H19NO6S/c1-18-3-2-5(11)9(15)17-10-8(14)7(13)6(12)4-16-10/h5-8,10,12-14H,2-4,11H2,1H3/t5-,6+,7-,8+,10-/m0/s1. The highest BCUT2D eigenvalue weighted by atomic mass is 32.2. The van der Waals surface area contributed by atoms with E-state index in [0.29, 0.717) is 12.2 Å². The maximum absolute atomic E-state index is 11.6. The van der Waals surface area contributed by atoms with Gasteiger partial charge in [0.2, 0.25) is 6.29 Å². The van der Waals surface area contributed by atoms with E-state index in [1.54, 1.807) is 11.8 Å². The second-order valence-electron chi connectivity index (χ2n) is 4.08. The van der Waals surface area contributed by atoms with Crippen LogP contribution < -0.4 is 5.73 Å². The Morgan fingerprint density at radius 1 is 1.50 bits per heavy atom. The summed E-state index contributed by atoms with van der Waals surface area (Å²) in [7, 11) is 0. The first-order valence-electron chi connectivity index (χ1n) is 5.58. The van der Waals surface area contributed by atoms with Gasteiger partial charge in [-0.3, -0.25) is 4.79 Å². The Hall–Kier alpha value is -0.380. The summed E-state index contributed by atoms with van der Waals surface area (Å²) in [5.41, 5.74) is 5.59. The van der Waals surface area contributed by atoms with Gasteiger partial charge in [0, 0.05) is 0 Å². The normalized spacial score (nSPS) is 34.1. The topological polar surface area (TPSA) is 122 Å². The van der Waals surface area contributed by atoms with Gasteiger partial charge in [0.15, 0.2) is 0 Å². The van der Waals surface area contributed by atoms with Crippen LogP contribution in [0.4, 0.5) is 0 Å². The molecule has 8 heteroatoms. The Morgan fingerprint density at radius 2 is 2.17 bits per heavy atom. The van der Waals surface area contributed by atoms with Gasteiger partial charge < -0.3 is 30.5 Å². The van der Waals surface area contributed by atoms with Crippen LogP contribution in [0, 0.1) is 0 Å². The quantitative estimate of drug-likeness (QED) is 0.429. The van der Waals surface area contributed by atoms with Crippen LogP contribution in [-0.2, 0) is 14.3 Å². The molecule has 106 valence electrons. The van der Waals surface area contributed by atoms with Gasteiger partial charge in [-0.1, -0.05) is 0 Å². The van der Waals surface area contributed by atoms with Gasteiger partial charge in [-0.15, -0.1) is 0 Å². The molecule has 0 aromatic rings. The molecule has 1 aliphatic rings. The molecule has 1 rings (SSSR count). The van der Waals surface area contributed by atoms with Gasteiger partial charge in [-0.25, -0.2) is 0 Å². The summed E-state index contributed by atoms with van der Waals surface area (Å²) < 4.78 is 9.80. The second-order valence-corrected chi connectivity index (χ2v) is 5.06. The molecule has 1 fully saturated rings. The highest BCUT2D eigenvalue weighted by molar-refractivity contribution is 7.98. The van der Waals surface area contributed by atoms with Crippen molar-refractivity contribution in [3.8, 4) is 0 Å². The van der Waals surface area contributed by atoms with Crippen molar-refractivity contribution in [2.24, 2.45) is 5.73 Å². The minimum absolute atomic E-state index is 0.212. The van der Waals surface area contributed by atoms with Crippen LogP contribution in [0.3, 0.4) is 0 Å². The molecule has 0 aromatic heterocycles. The molecule has 1 saturated heterocycles. The summed E-state index contributed by atoms with van der Waals surface area (Å²) >= 11 is 1.55. The first-order chi connectivity index (χ1) is 8.47. The Morgan fingerprint density at radius 3 is 2.78 bits per heavy atom. The fourth-order valence-electron chi connectivity index (χ4n) is 1.45. The lowest BCUT2D eigenvalue weighted by molar-refractivity contribution is -0.263. The lowest BCUT2D eigenvalue weighted by Gasteiger charge is -2.34. The van der Waals surface area contributed by atoms with Crippen molar-refractivity contribution < 1.29 is 29.6 Å². The lowest BCUT2D eigenvalue weighted by Crippen LogP contribution is -2.55. The molecule has 0 aromatic carbocycles. The van der Waals surface area contributed by atoms with E-state index in [0.717, 1.165) is 0 Å². The van der Waals surface area contributed by atoms with Crippen molar-refractivity contribution in [3.63, 3.8) is 0 Å². The van der Waals surface area contributed by atoms with Gasteiger partial charge in [-0.05, 0) is 18.4 Å². The first kappa shape index (κ1) is 15.7. The van der Waals surface area contributed by atoms with E-state index in [2.05, 4.69) is 0 Å². The largest absolute Gasteiger partial charge is 0.432 e. The monoisotopic (exact) mass is 281 g/mol. The van der Waals surface area contributed by atoms with Crippen LogP contribution in [0.1, 0.15) is 6.42 Å². The third-order valence-corrected chi connectivity index (χ3v) is 3.27. The number of nitrogens with two attached hydrogens (primary N) is 1. The van der Waals surface area contributed by atoms with Crippen LogP contribution in [0.15, 0.2) is 0 Å². The number of esters is 1. The number of carbonyl (C=O) groups is 1. The molecule has 0 bridgehead atoms. The summed E-state index contributed by atoms with van der Waals surface area (Å²) in [6.45, 7) is -0.212. The van der Waals surface area contributed by atoms with Crippen LogP contribution in [0.5, 0.6) is 0 Å². The third-order valence-electron chi connectivity index (χ3n) is 2.62. The highest BCUT2D eigenvalue weighted by Crippen LogP contribution is 2.17. The van der Waals surface area contributed by atoms with E-state index in [4.69, 9.17) is 15.2 Å². The predicted molar refractivity (Wildman–Crippen MR) is 64.8 cm³/mol. The van der Waals surface area contributed by atoms with Crippen LogP contribution in [-0.4, -0.2) is 70.5 Å². The molecule has 0 amide bonds. The van der Waals surface area contributed by atoms with Crippen LogP contribution >= 0.6 is 11.8 Å². The second kappa shape index (κ2) is 7.27. The molecule has 1 aliphatic heterocycles. The number of thioether (sulfide) groups is 1. The van der Waals surface area contributed by atoms with Crippen molar-refractivity contribution in [3.05, 3.63) is 0 Å². The van der Waals surface area contributed by atoms with Gasteiger partial charge in [-0.2, -0.15) is 11.8 Å². The molecule has 18 heavy (non-hydrogen) atoms. The summed E-state index contributed by atoms with van der Waals surface area (Å²) in [6, 6.07) is -0.794. The number of aliphatic hydroxyl groups is 3. The smallest absolute Gasteiger partial charge is 0.325 e. The lowest BCUT2D eigenvalue weighted by atomic mass is 10.1. The zero-order valence-electron chi connectivity index (χ0n) is 10.1. The number of aliphatic hydroxyl groups excluding tert-OH is 3. The first-order valence-corrected chi connectivity index (χ1v) is 6.97. The molecule has 5 atom stereocenters. The number of ether oxygens (including phenoxy) is 2. The zero-order chi connectivity index (χ0) is 13.7. The summed E-state index contributed by atoms with van der Waals surface area (Å²) in [4.78, 5) is 11.6. The van der Waals surface area contributed by atoms with Gasteiger partial charge in [0.1, 0.15) is 24.4 Å². The Kier molecular flexibility index (Phi) is 6.33. The molecular weight excluding hydrogens is 262 g/mol. The average molecular weight is 281 g/mol. The van der Waals surface area contributed by atoms with E-state index in [1.165, 1.54) is 0 Å². The van der Waals surface area contributed by atoms with E-state index in [9.17, 15) is 20.1 Å². The number of hydrogen-bond acceptors (Lipinski definition) is 8. The zero-order valence-corrected chi connectivity index (χ0v) is 10.9.